The molecule has 8 heteroatoms. The van der Waals surface area contributed by atoms with E-state index in [1.165, 1.54) is 6.20 Å². The van der Waals surface area contributed by atoms with Gasteiger partial charge in [-0.2, -0.15) is 0 Å². The van der Waals surface area contributed by atoms with Gasteiger partial charge < -0.3 is 10.1 Å². The Balaban J connectivity index is 1.95. The third kappa shape index (κ3) is 3.72. The van der Waals surface area contributed by atoms with E-state index < -0.39 is 5.97 Å². The summed E-state index contributed by atoms with van der Waals surface area (Å²) in [7, 11) is 0. The number of amides is 1. The van der Waals surface area contributed by atoms with Crippen molar-refractivity contribution in [2.75, 3.05) is 6.61 Å². The van der Waals surface area contributed by atoms with Gasteiger partial charge in [0.1, 0.15) is 0 Å². The van der Waals surface area contributed by atoms with Crippen LogP contribution in [0.25, 0.3) is 0 Å². The number of aromatic nitrogens is 1. The van der Waals surface area contributed by atoms with E-state index in [4.69, 9.17) is 39.5 Å². The normalized spacial score (nSPS) is 14.1. The number of esters is 1. The number of ether oxygens (including phenoxy) is 1. The maximum atomic E-state index is 11.7. The highest BCUT2D eigenvalue weighted by Crippen LogP contribution is 2.31. The van der Waals surface area contributed by atoms with Crippen LogP contribution in [-0.4, -0.2) is 29.5 Å². The zero-order valence-corrected chi connectivity index (χ0v) is 11.8. The lowest BCUT2D eigenvalue weighted by atomic mass is 10.3. The minimum Gasteiger partial charge on any atom is -0.451 e. The van der Waals surface area contributed by atoms with Gasteiger partial charge in [0.25, 0.3) is 5.91 Å². The maximum Gasteiger partial charge on any atom is 0.359 e. The molecule has 1 heterocycles. The number of hydrogen-bond donors (Lipinski definition) is 1. The zero-order chi connectivity index (χ0) is 14.0. The van der Waals surface area contributed by atoms with Crippen molar-refractivity contribution in [2.45, 2.75) is 18.9 Å². The predicted octanol–water partition coefficient (Wildman–Crippen LogP) is 2.48. The van der Waals surface area contributed by atoms with Crippen LogP contribution in [-0.2, 0) is 9.53 Å². The molecular weight excluding hydrogens is 314 g/mol. The van der Waals surface area contributed by atoms with Crippen LogP contribution in [0.3, 0.4) is 0 Å². The molecular formula is C11H9Cl3N2O3. The minimum absolute atomic E-state index is 0.0210. The summed E-state index contributed by atoms with van der Waals surface area (Å²) >= 11 is 17.3. The monoisotopic (exact) mass is 322 g/mol. The molecule has 1 fully saturated rings. The maximum absolute atomic E-state index is 11.7. The van der Waals surface area contributed by atoms with Crippen molar-refractivity contribution in [1.82, 2.24) is 10.3 Å². The van der Waals surface area contributed by atoms with Crippen LogP contribution in [0.1, 0.15) is 23.3 Å². The number of rotatable bonds is 4. The molecule has 0 saturated heterocycles. The van der Waals surface area contributed by atoms with Crippen molar-refractivity contribution < 1.29 is 14.3 Å². The topological polar surface area (TPSA) is 68.3 Å². The molecule has 1 saturated carbocycles. The van der Waals surface area contributed by atoms with Crippen LogP contribution in [0.4, 0.5) is 0 Å². The van der Waals surface area contributed by atoms with Crippen LogP contribution in [0, 0.1) is 0 Å². The number of nitrogens with one attached hydrogen (secondary N) is 1. The molecule has 0 radical (unpaired) electrons. The lowest BCUT2D eigenvalue weighted by Gasteiger charge is -2.07. The van der Waals surface area contributed by atoms with Gasteiger partial charge in [-0.05, 0) is 12.8 Å². The van der Waals surface area contributed by atoms with Gasteiger partial charge >= 0.3 is 5.97 Å². The second-order valence-corrected chi connectivity index (χ2v) is 5.16. The Hall–Kier alpha value is -1.04. The lowest BCUT2D eigenvalue weighted by Crippen LogP contribution is -2.30. The van der Waals surface area contributed by atoms with Gasteiger partial charge in [0.2, 0.25) is 0 Å². The van der Waals surface area contributed by atoms with Gasteiger partial charge in [0.15, 0.2) is 12.3 Å². The fourth-order valence-electron chi connectivity index (χ4n) is 1.28. The van der Waals surface area contributed by atoms with E-state index in [-0.39, 0.29) is 39.3 Å². The molecule has 0 aromatic carbocycles. The summed E-state index contributed by atoms with van der Waals surface area (Å²) in [6.45, 7) is -0.381. The van der Waals surface area contributed by atoms with Crippen molar-refractivity contribution in [3.8, 4) is 0 Å². The molecule has 0 atom stereocenters. The largest absolute Gasteiger partial charge is 0.451 e. The van der Waals surface area contributed by atoms with Crippen molar-refractivity contribution in [2.24, 2.45) is 0 Å². The van der Waals surface area contributed by atoms with E-state index >= 15 is 0 Å². The Morgan fingerprint density at radius 3 is 2.63 bits per heavy atom. The smallest absolute Gasteiger partial charge is 0.359 e. The molecule has 0 bridgehead atoms. The van der Waals surface area contributed by atoms with Gasteiger partial charge in [0.05, 0.1) is 15.1 Å². The molecule has 19 heavy (non-hydrogen) atoms. The van der Waals surface area contributed by atoms with Gasteiger partial charge in [0, 0.05) is 12.2 Å². The molecule has 1 aliphatic rings. The Labute approximate surface area is 124 Å². The highest BCUT2D eigenvalue weighted by Gasteiger charge is 2.24. The second kappa shape index (κ2) is 5.94. The van der Waals surface area contributed by atoms with Crippen molar-refractivity contribution >= 4 is 46.7 Å². The number of hydrogen-bond acceptors (Lipinski definition) is 4. The Morgan fingerprint density at radius 1 is 1.32 bits per heavy atom. The molecule has 1 N–H and O–H groups in total. The number of nitrogens with zero attached hydrogens (tertiary/aromatic N) is 1. The fourth-order valence-corrected chi connectivity index (χ4v) is 1.84. The minimum atomic E-state index is -0.825. The molecule has 2 rings (SSSR count). The summed E-state index contributed by atoms with van der Waals surface area (Å²) in [5.74, 6) is -1.18. The van der Waals surface area contributed by atoms with Gasteiger partial charge in [-0.3, -0.25) is 4.79 Å². The first-order chi connectivity index (χ1) is 8.99. The first-order valence-corrected chi connectivity index (χ1v) is 6.58. The Bertz CT molecular complexity index is 532. The fraction of sp³-hybridized carbons (Fsp3) is 0.364. The first-order valence-electron chi connectivity index (χ1n) is 5.45. The number of pyridine rings is 1. The van der Waals surface area contributed by atoms with E-state index in [1.54, 1.807) is 0 Å². The van der Waals surface area contributed by atoms with E-state index in [0.29, 0.717) is 0 Å². The summed E-state index contributed by atoms with van der Waals surface area (Å²) in [4.78, 5) is 26.8. The summed E-state index contributed by atoms with van der Waals surface area (Å²) in [5.41, 5.74) is -0.171. The predicted molar refractivity (Wildman–Crippen MR) is 70.7 cm³/mol. The molecule has 0 unspecified atom stereocenters. The molecule has 1 amide bonds. The molecule has 1 aromatic heterocycles. The summed E-state index contributed by atoms with van der Waals surface area (Å²) < 4.78 is 4.79. The van der Waals surface area contributed by atoms with Crippen molar-refractivity contribution in [1.29, 1.82) is 0 Å². The first kappa shape index (κ1) is 14.4. The quantitative estimate of drug-likeness (QED) is 0.864. The third-order valence-electron chi connectivity index (χ3n) is 2.39. The summed E-state index contributed by atoms with van der Waals surface area (Å²) in [6, 6.07) is 0.206. The van der Waals surface area contributed by atoms with E-state index in [1.807, 2.05) is 0 Å². The van der Waals surface area contributed by atoms with Crippen molar-refractivity contribution in [3.05, 3.63) is 27.0 Å². The van der Waals surface area contributed by atoms with E-state index in [9.17, 15) is 9.59 Å². The van der Waals surface area contributed by atoms with Gasteiger partial charge in [-0.25, -0.2) is 9.78 Å². The Kier molecular flexibility index (Phi) is 4.50. The standard InChI is InChI=1S/C11H9Cl3N2O3/c12-6-3-15-10(9(14)8(6)13)11(18)19-4-7(17)16-5-1-2-5/h3,5H,1-2,4H2,(H,16,17). The van der Waals surface area contributed by atoms with E-state index in [2.05, 4.69) is 10.3 Å². The third-order valence-corrected chi connectivity index (χ3v) is 3.63. The highest BCUT2D eigenvalue weighted by molar-refractivity contribution is 6.48. The molecule has 102 valence electrons. The second-order valence-electron chi connectivity index (χ2n) is 4.00. The van der Waals surface area contributed by atoms with Crippen molar-refractivity contribution in [3.63, 3.8) is 0 Å². The highest BCUT2D eigenvalue weighted by atomic mass is 35.5. The van der Waals surface area contributed by atoms with Crippen LogP contribution in [0.2, 0.25) is 15.1 Å². The average Bonchev–Trinajstić information content (AvgIpc) is 3.17. The molecule has 5 nitrogen and oxygen atoms in total. The Morgan fingerprint density at radius 2 is 2.00 bits per heavy atom. The SMILES string of the molecule is O=C(COC(=O)c1ncc(Cl)c(Cl)c1Cl)NC1CC1. The molecule has 1 aliphatic carbocycles. The van der Waals surface area contributed by atoms with Crippen LogP contribution in [0.15, 0.2) is 6.20 Å². The number of carbonyl (C=O) groups excluding carboxylic acids is 2. The lowest BCUT2D eigenvalue weighted by molar-refractivity contribution is -0.124. The van der Waals surface area contributed by atoms with Crippen LogP contribution in [0.5, 0.6) is 0 Å². The number of carbonyl (C=O) groups is 2. The molecule has 0 spiro atoms. The van der Waals surface area contributed by atoms with Gasteiger partial charge in [-0.1, -0.05) is 34.8 Å². The summed E-state index contributed by atoms with van der Waals surface area (Å²) in [6.07, 6.45) is 3.11. The average molecular weight is 324 g/mol. The van der Waals surface area contributed by atoms with Gasteiger partial charge in [-0.15, -0.1) is 0 Å². The van der Waals surface area contributed by atoms with Crippen LogP contribution < -0.4 is 5.32 Å². The summed E-state index contributed by atoms with van der Waals surface area (Å²) in [5, 5.41) is 2.74. The molecule has 1 aromatic rings. The van der Waals surface area contributed by atoms with E-state index in [0.717, 1.165) is 12.8 Å². The number of halogens is 3. The van der Waals surface area contributed by atoms with Crippen LogP contribution >= 0.6 is 34.8 Å². The zero-order valence-electron chi connectivity index (χ0n) is 9.58. The molecule has 0 aliphatic heterocycles.